The van der Waals surface area contributed by atoms with E-state index in [1.54, 1.807) is 7.11 Å². The first-order valence-electron chi connectivity index (χ1n) is 3.53. The van der Waals surface area contributed by atoms with Crippen LogP contribution in [-0.2, 0) is 4.74 Å². The Labute approximate surface area is 79.5 Å². The Hall–Kier alpha value is -0.680. The zero-order valence-corrected chi connectivity index (χ0v) is 8.34. The van der Waals surface area contributed by atoms with Gasteiger partial charge in [-0.2, -0.15) is 0 Å². The highest BCUT2D eigenvalue weighted by Crippen LogP contribution is 2.08. The smallest absolute Gasteiger partial charge is 0.130 e. The van der Waals surface area contributed by atoms with Crippen molar-refractivity contribution in [1.29, 1.82) is 0 Å². The molecule has 12 heavy (non-hydrogen) atoms. The summed E-state index contributed by atoms with van der Waals surface area (Å²) in [5.41, 5.74) is 0. The maximum atomic E-state index is 4.88. The summed E-state index contributed by atoms with van der Waals surface area (Å²) in [4.78, 5) is 7.91. The Morgan fingerprint density at radius 1 is 1.58 bits per heavy atom. The van der Waals surface area contributed by atoms with Gasteiger partial charge in [0.15, 0.2) is 0 Å². The third-order valence-electron chi connectivity index (χ3n) is 1.25. The lowest BCUT2D eigenvalue weighted by Crippen LogP contribution is -2.08. The van der Waals surface area contributed by atoms with Crippen LogP contribution in [-0.4, -0.2) is 30.2 Å². The van der Waals surface area contributed by atoms with Crippen LogP contribution in [0.5, 0.6) is 0 Å². The molecular formula is C7H10BrN3O. The van der Waals surface area contributed by atoms with E-state index in [2.05, 4.69) is 31.2 Å². The zero-order chi connectivity index (χ0) is 8.81. The summed E-state index contributed by atoms with van der Waals surface area (Å²) in [6.45, 7) is 1.42. The van der Waals surface area contributed by atoms with Crippen molar-refractivity contribution in [3.63, 3.8) is 0 Å². The summed E-state index contributed by atoms with van der Waals surface area (Å²) >= 11 is 3.25. The molecule has 0 aliphatic rings. The van der Waals surface area contributed by atoms with Crippen LogP contribution in [0.25, 0.3) is 0 Å². The number of nitrogens with zero attached hydrogens (tertiary/aromatic N) is 2. The van der Waals surface area contributed by atoms with Crippen LogP contribution in [0.2, 0.25) is 0 Å². The molecule has 1 aromatic rings. The van der Waals surface area contributed by atoms with Crippen LogP contribution in [0.15, 0.2) is 17.0 Å². The van der Waals surface area contributed by atoms with Gasteiger partial charge < -0.3 is 10.1 Å². The van der Waals surface area contributed by atoms with Gasteiger partial charge in [-0.05, 0) is 15.9 Å². The van der Waals surface area contributed by atoms with Crippen molar-refractivity contribution >= 4 is 21.7 Å². The van der Waals surface area contributed by atoms with E-state index in [1.165, 1.54) is 6.33 Å². The summed E-state index contributed by atoms with van der Waals surface area (Å²) < 4.78 is 5.65. The topological polar surface area (TPSA) is 47.0 Å². The number of methoxy groups -OCH3 is 1. The van der Waals surface area contributed by atoms with Crippen LogP contribution < -0.4 is 5.32 Å². The lowest BCUT2D eigenvalue weighted by molar-refractivity contribution is 0.210. The molecule has 0 saturated heterocycles. The first-order chi connectivity index (χ1) is 5.83. The van der Waals surface area contributed by atoms with E-state index in [0.717, 1.165) is 17.0 Å². The normalized spacial score (nSPS) is 9.83. The molecule has 0 unspecified atom stereocenters. The van der Waals surface area contributed by atoms with E-state index in [1.807, 2.05) is 6.07 Å². The number of aromatic nitrogens is 2. The standard InChI is InChI=1S/C7H10BrN3O/c1-12-3-2-9-7-4-6(8)10-5-11-7/h4-5H,2-3H2,1H3,(H,9,10,11). The average Bonchev–Trinajstić information content (AvgIpc) is 2.05. The molecule has 5 heteroatoms. The lowest BCUT2D eigenvalue weighted by Gasteiger charge is -2.03. The molecule has 0 aliphatic carbocycles. The van der Waals surface area contributed by atoms with Gasteiger partial charge in [-0.1, -0.05) is 0 Å². The van der Waals surface area contributed by atoms with Gasteiger partial charge in [-0.15, -0.1) is 0 Å². The third-order valence-corrected chi connectivity index (χ3v) is 1.68. The second-order valence-corrected chi connectivity index (χ2v) is 2.96. The van der Waals surface area contributed by atoms with E-state index in [0.29, 0.717) is 6.61 Å². The first kappa shape index (κ1) is 9.41. The molecule has 4 nitrogen and oxygen atoms in total. The maximum absolute atomic E-state index is 4.88. The van der Waals surface area contributed by atoms with Gasteiger partial charge in [0.25, 0.3) is 0 Å². The summed E-state index contributed by atoms with van der Waals surface area (Å²) in [5, 5.41) is 3.08. The molecule has 1 rings (SSSR count). The molecular weight excluding hydrogens is 222 g/mol. The quantitative estimate of drug-likeness (QED) is 0.627. The van der Waals surface area contributed by atoms with Gasteiger partial charge >= 0.3 is 0 Å². The second-order valence-electron chi connectivity index (χ2n) is 2.15. The minimum Gasteiger partial charge on any atom is -0.383 e. The van der Waals surface area contributed by atoms with Gasteiger partial charge in [0.2, 0.25) is 0 Å². The van der Waals surface area contributed by atoms with Crippen LogP contribution >= 0.6 is 15.9 Å². The van der Waals surface area contributed by atoms with Crippen LogP contribution in [0.1, 0.15) is 0 Å². The molecule has 0 aromatic carbocycles. The van der Waals surface area contributed by atoms with Gasteiger partial charge in [0.1, 0.15) is 16.7 Å². The van der Waals surface area contributed by atoms with Gasteiger partial charge in [-0.25, -0.2) is 9.97 Å². The minimum atomic E-state index is 0.668. The monoisotopic (exact) mass is 231 g/mol. The summed E-state index contributed by atoms with van der Waals surface area (Å²) in [6.07, 6.45) is 1.50. The van der Waals surface area contributed by atoms with Crippen LogP contribution in [0.3, 0.4) is 0 Å². The number of rotatable bonds is 4. The van der Waals surface area contributed by atoms with E-state index < -0.39 is 0 Å². The first-order valence-corrected chi connectivity index (χ1v) is 4.32. The summed E-state index contributed by atoms with van der Waals surface area (Å²) in [6, 6.07) is 1.82. The van der Waals surface area contributed by atoms with Gasteiger partial charge in [0, 0.05) is 19.7 Å². The van der Waals surface area contributed by atoms with Crippen molar-refractivity contribution in [1.82, 2.24) is 9.97 Å². The van der Waals surface area contributed by atoms with Crippen molar-refractivity contribution in [2.24, 2.45) is 0 Å². The highest BCUT2D eigenvalue weighted by atomic mass is 79.9. The zero-order valence-electron chi connectivity index (χ0n) is 6.75. The predicted molar refractivity (Wildman–Crippen MR) is 50.1 cm³/mol. The van der Waals surface area contributed by atoms with Gasteiger partial charge in [-0.3, -0.25) is 0 Å². The van der Waals surface area contributed by atoms with Crippen LogP contribution in [0, 0.1) is 0 Å². The van der Waals surface area contributed by atoms with Crippen molar-refractivity contribution in [3.05, 3.63) is 17.0 Å². The number of anilines is 1. The Kier molecular flexibility index (Phi) is 3.96. The fourth-order valence-corrected chi connectivity index (χ4v) is 1.02. The number of hydrogen-bond donors (Lipinski definition) is 1. The van der Waals surface area contributed by atoms with Crippen LogP contribution in [0.4, 0.5) is 5.82 Å². The highest BCUT2D eigenvalue weighted by Gasteiger charge is 1.93. The number of ether oxygens (including phenoxy) is 1. The number of nitrogens with one attached hydrogen (secondary N) is 1. The maximum Gasteiger partial charge on any atom is 0.130 e. The highest BCUT2D eigenvalue weighted by molar-refractivity contribution is 9.10. The van der Waals surface area contributed by atoms with E-state index in [9.17, 15) is 0 Å². The Balaban J connectivity index is 2.41. The molecule has 0 fully saturated rings. The molecule has 1 aromatic heterocycles. The fraction of sp³-hybridized carbons (Fsp3) is 0.429. The average molecular weight is 232 g/mol. The molecule has 1 heterocycles. The molecule has 0 amide bonds. The Bertz CT molecular complexity index is 244. The van der Waals surface area contributed by atoms with E-state index in [4.69, 9.17) is 4.74 Å². The van der Waals surface area contributed by atoms with Crippen molar-refractivity contribution in [2.75, 3.05) is 25.6 Å². The Morgan fingerprint density at radius 3 is 3.08 bits per heavy atom. The molecule has 1 N–H and O–H groups in total. The summed E-state index contributed by atoms with van der Waals surface area (Å²) in [5.74, 6) is 0.800. The number of halogens is 1. The molecule has 0 saturated carbocycles. The Morgan fingerprint density at radius 2 is 2.42 bits per heavy atom. The number of hydrogen-bond acceptors (Lipinski definition) is 4. The van der Waals surface area contributed by atoms with Gasteiger partial charge in [0.05, 0.1) is 6.61 Å². The molecule has 0 aliphatic heterocycles. The second kappa shape index (κ2) is 5.05. The molecule has 66 valence electrons. The third kappa shape index (κ3) is 3.15. The van der Waals surface area contributed by atoms with Crippen molar-refractivity contribution in [3.8, 4) is 0 Å². The SMILES string of the molecule is COCCNc1cc(Br)ncn1. The molecule has 0 radical (unpaired) electrons. The lowest BCUT2D eigenvalue weighted by atomic mass is 10.5. The summed E-state index contributed by atoms with van der Waals surface area (Å²) in [7, 11) is 1.66. The largest absolute Gasteiger partial charge is 0.383 e. The van der Waals surface area contributed by atoms with E-state index in [-0.39, 0.29) is 0 Å². The molecule has 0 spiro atoms. The van der Waals surface area contributed by atoms with Crippen molar-refractivity contribution < 1.29 is 4.74 Å². The predicted octanol–water partition coefficient (Wildman–Crippen LogP) is 1.30. The van der Waals surface area contributed by atoms with Crippen molar-refractivity contribution in [2.45, 2.75) is 0 Å². The molecule has 0 bridgehead atoms. The van der Waals surface area contributed by atoms with E-state index >= 15 is 0 Å². The fourth-order valence-electron chi connectivity index (χ4n) is 0.711. The molecule has 0 atom stereocenters. The minimum absolute atomic E-state index is 0.668.